The number of hydrogen-bond donors (Lipinski definition) is 1. The Balaban J connectivity index is 1.51. The summed E-state index contributed by atoms with van der Waals surface area (Å²) in [6.45, 7) is 0.527. The summed E-state index contributed by atoms with van der Waals surface area (Å²) < 4.78 is 0. The van der Waals surface area contributed by atoms with Gasteiger partial charge in [-0.05, 0) is 31.0 Å². The highest BCUT2D eigenvalue weighted by atomic mass is 35.5. The summed E-state index contributed by atoms with van der Waals surface area (Å²) in [5.41, 5.74) is 1.40. The fourth-order valence-electron chi connectivity index (χ4n) is 3.32. The van der Waals surface area contributed by atoms with Crippen LogP contribution in [-0.2, 0) is 4.79 Å². The van der Waals surface area contributed by atoms with Crippen LogP contribution in [0, 0.1) is 0 Å². The molecule has 1 aliphatic rings. The van der Waals surface area contributed by atoms with Crippen molar-refractivity contribution in [3.63, 3.8) is 0 Å². The Labute approximate surface area is 182 Å². The van der Waals surface area contributed by atoms with Crippen LogP contribution in [0.25, 0.3) is 10.6 Å². The van der Waals surface area contributed by atoms with Gasteiger partial charge >= 0.3 is 0 Å². The Morgan fingerprint density at radius 3 is 2.72 bits per heavy atom. The van der Waals surface area contributed by atoms with E-state index in [0.717, 1.165) is 17.0 Å². The normalized spacial score (nSPS) is 16.1. The average Bonchev–Trinajstić information content (AvgIpc) is 3.41. The molecule has 1 fully saturated rings. The van der Waals surface area contributed by atoms with Gasteiger partial charge in [-0.15, -0.1) is 11.3 Å². The number of carbonyl (C=O) groups excluding carboxylic acids is 2. The van der Waals surface area contributed by atoms with Crippen molar-refractivity contribution >= 4 is 52.0 Å². The van der Waals surface area contributed by atoms with Crippen LogP contribution in [-0.4, -0.2) is 34.3 Å². The van der Waals surface area contributed by atoms with Crippen LogP contribution < -0.4 is 5.32 Å². The molecule has 0 radical (unpaired) electrons. The number of likely N-dealkylation sites (tertiary alicyclic amines) is 1. The number of benzene rings is 2. The highest BCUT2D eigenvalue weighted by Gasteiger charge is 2.35. The lowest BCUT2D eigenvalue weighted by Gasteiger charge is -2.23. The fraction of sp³-hybridized carbons (Fsp3) is 0.190. The summed E-state index contributed by atoms with van der Waals surface area (Å²) in [6, 6.07) is 14.0. The van der Waals surface area contributed by atoms with E-state index in [2.05, 4.69) is 10.3 Å². The molecule has 5 nitrogen and oxygen atoms in total. The van der Waals surface area contributed by atoms with Gasteiger partial charge in [0.25, 0.3) is 5.91 Å². The third-order valence-electron chi connectivity index (χ3n) is 4.74. The molecule has 29 heavy (non-hydrogen) atoms. The number of amides is 2. The van der Waals surface area contributed by atoms with Gasteiger partial charge in [-0.25, -0.2) is 4.98 Å². The lowest BCUT2D eigenvalue weighted by atomic mass is 10.2. The third kappa shape index (κ3) is 4.29. The van der Waals surface area contributed by atoms with Crippen molar-refractivity contribution in [2.24, 2.45) is 0 Å². The van der Waals surface area contributed by atoms with Crippen LogP contribution in [0.5, 0.6) is 0 Å². The number of nitrogens with one attached hydrogen (secondary N) is 1. The van der Waals surface area contributed by atoms with E-state index in [1.165, 1.54) is 11.3 Å². The van der Waals surface area contributed by atoms with E-state index in [1.54, 1.807) is 29.3 Å². The minimum atomic E-state index is -0.556. The molecule has 8 heteroatoms. The topological polar surface area (TPSA) is 62.3 Å². The number of rotatable bonds is 4. The maximum absolute atomic E-state index is 13.0. The Kier molecular flexibility index (Phi) is 5.85. The molecule has 0 bridgehead atoms. The number of thiazole rings is 1. The van der Waals surface area contributed by atoms with Crippen molar-refractivity contribution in [2.75, 3.05) is 11.9 Å². The molecular weight excluding hydrogens is 429 g/mol. The molecule has 148 valence electrons. The molecule has 2 heterocycles. The lowest BCUT2D eigenvalue weighted by molar-refractivity contribution is -0.119. The molecule has 0 unspecified atom stereocenters. The summed E-state index contributed by atoms with van der Waals surface area (Å²) in [5, 5.41) is 4.45. The largest absolute Gasteiger partial charge is 0.326 e. The van der Waals surface area contributed by atoms with Crippen molar-refractivity contribution in [3.8, 4) is 10.6 Å². The minimum absolute atomic E-state index is 0.181. The second-order valence-corrected chi connectivity index (χ2v) is 8.54. The van der Waals surface area contributed by atoms with Gasteiger partial charge in [0, 0.05) is 17.1 Å². The monoisotopic (exact) mass is 445 g/mol. The maximum atomic E-state index is 13.0. The van der Waals surface area contributed by atoms with Crippen molar-refractivity contribution in [1.82, 2.24) is 9.88 Å². The number of carbonyl (C=O) groups is 2. The fourth-order valence-corrected chi connectivity index (χ4v) is 4.53. The zero-order valence-electron chi connectivity index (χ0n) is 15.3. The second-order valence-electron chi connectivity index (χ2n) is 6.67. The molecule has 1 saturated heterocycles. The number of anilines is 1. The molecule has 2 amide bonds. The van der Waals surface area contributed by atoms with E-state index in [4.69, 9.17) is 23.2 Å². The first-order chi connectivity index (χ1) is 14.0. The SMILES string of the molecule is O=C(Nc1cc(Cl)ccc1Cl)[C@H]1CCCN1C(=O)c1cnc(-c2ccccc2)s1. The maximum Gasteiger partial charge on any atom is 0.266 e. The summed E-state index contributed by atoms with van der Waals surface area (Å²) in [5.74, 6) is -0.452. The zero-order valence-corrected chi connectivity index (χ0v) is 17.6. The molecule has 1 aromatic heterocycles. The first-order valence-corrected chi connectivity index (χ1v) is 10.7. The molecule has 3 aromatic rings. The highest BCUT2D eigenvalue weighted by molar-refractivity contribution is 7.16. The first-order valence-electron chi connectivity index (χ1n) is 9.11. The van der Waals surface area contributed by atoms with E-state index < -0.39 is 6.04 Å². The molecule has 1 atom stereocenters. The molecular formula is C21H17Cl2N3O2S. The van der Waals surface area contributed by atoms with Gasteiger partial charge in [0.15, 0.2) is 0 Å². The van der Waals surface area contributed by atoms with Gasteiger partial charge in [-0.1, -0.05) is 53.5 Å². The predicted molar refractivity (Wildman–Crippen MR) is 117 cm³/mol. The first kappa shape index (κ1) is 19.9. The van der Waals surface area contributed by atoms with Crippen LogP contribution in [0.1, 0.15) is 22.5 Å². The van der Waals surface area contributed by atoms with Crippen molar-refractivity contribution in [1.29, 1.82) is 0 Å². The van der Waals surface area contributed by atoms with Crippen molar-refractivity contribution in [2.45, 2.75) is 18.9 Å². The third-order valence-corrected chi connectivity index (χ3v) is 6.34. The Morgan fingerprint density at radius 1 is 1.14 bits per heavy atom. The van der Waals surface area contributed by atoms with Gasteiger partial charge < -0.3 is 10.2 Å². The average molecular weight is 446 g/mol. The highest BCUT2D eigenvalue weighted by Crippen LogP contribution is 2.30. The summed E-state index contributed by atoms with van der Waals surface area (Å²) in [6.07, 6.45) is 2.94. The Bertz CT molecular complexity index is 1060. The Morgan fingerprint density at radius 2 is 1.93 bits per heavy atom. The number of hydrogen-bond acceptors (Lipinski definition) is 4. The predicted octanol–water partition coefficient (Wildman–Crippen LogP) is 5.36. The molecule has 1 N–H and O–H groups in total. The van der Waals surface area contributed by atoms with Crippen molar-refractivity contribution in [3.05, 3.63) is 69.7 Å². The summed E-state index contributed by atoms with van der Waals surface area (Å²) in [7, 11) is 0. The second kappa shape index (κ2) is 8.53. The Hall–Kier alpha value is -2.41. The van der Waals surface area contributed by atoms with E-state index in [0.29, 0.717) is 33.6 Å². The molecule has 1 aliphatic heterocycles. The van der Waals surface area contributed by atoms with Crippen LogP contribution >= 0.6 is 34.5 Å². The van der Waals surface area contributed by atoms with Crippen LogP contribution in [0.4, 0.5) is 5.69 Å². The minimum Gasteiger partial charge on any atom is -0.326 e. The van der Waals surface area contributed by atoms with Gasteiger partial charge in [0.05, 0.1) is 16.9 Å². The number of nitrogens with zero attached hydrogens (tertiary/aromatic N) is 2. The molecule has 4 rings (SSSR count). The van der Waals surface area contributed by atoms with Crippen LogP contribution in [0.3, 0.4) is 0 Å². The van der Waals surface area contributed by atoms with E-state index in [-0.39, 0.29) is 11.8 Å². The van der Waals surface area contributed by atoms with Gasteiger partial charge in [-0.2, -0.15) is 0 Å². The van der Waals surface area contributed by atoms with Crippen LogP contribution in [0.2, 0.25) is 10.0 Å². The standard InChI is InChI=1S/C21H17Cl2N3O2S/c22-14-8-9-15(23)16(11-14)25-19(27)17-7-4-10-26(17)21(28)18-12-24-20(29-18)13-5-2-1-3-6-13/h1-3,5-6,8-9,11-12,17H,4,7,10H2,(H,25,27)/t17-/m1/s1. The molecule has 0 saturated carbocycles. The van der Waals surface area contributed by atoms with Gasteiger partial charge in [0.2, 0.25) is 5.91 Å². The zero-order chi connectivity index (χ0) is 20.4. The van der Waals surface area contributed by atoms with Gasteiger partial charge in [0.1, 0.15) is 15.9 Å². The van der Waals surface area contributed by atoms with Gasteiger partial charge in [-0.3, -0.25) is 9.59 Å². The summed E-state index contributed by atoms with van der Waals surface area (Å²) in [4.78, 5) is 32.4. The molecule has 0 spiro atoms. The van der Waals surface area contributed by atoms with E-state index in [9.17, 15) is 9.59 Å². The number of halogens is 2. The van der Waals surface area contributed by atoms with Crippen molar-refractivity contribution < 1.29 is 9.59 Å². The smallest absolute Gasteiger partial charge is 0.266 e. The number of aromatic nitrogens is 1. The summed E-state index contributed by atoms with van der Waals surface area (Å²) >= 11 is 13.5. The molecule has 2 aromatic carbocycles. The molecule has 0 aliphatic carbocycles. The lowest BCUT2D eigenvalue weighted by Crippen LogP contribution is -2.43. The quantitative estimate of drug-likeness (QED) is 0.587. The van der Waals surface area contributed by atoms with E-state index >= 15 is 0 Å². The van der Waals surface area contributed by atoms with Crippen LogP contribution in [0.15, 0.2) is 54.7 Å². The van der Waals surface area contributed by atoms with E-state index in [1.807, 2.05) is 30.3 Å².